The van der Waals surface area contributed by atoms with Crippen LogP contribution < -0.4 is 10.0 Å². The molecule has 2 amide bonds. The van der Waals surface area contributed by atoms with Gasteiger partial charge in [0.2, 0.25) is 21.8 Å². The van der Waals surface area contributed by atoms with Crippen molar-refractivity contribution in [2.24, 2.45) is 5.92 Å². The van der Waals surface area contributed by atoms with Crippen LogP contribution in [0, 0.1) is 5.92 Å². The van der Waals surface area contributed by atoms with E-state index in [-0.39, 0.29) is 22.6 Å². The van der Waals surface area contributed by atoms with Crippen LogP contribution >= 0.6 is 0 Å². The number of hydrogen-bond donors (Lipinski definition) is 2. The second-order valence-electron chi connectivity index (χ2n) is 7.68. The quantitative estimate of drug-likeness (QED) is 0.833. The summed E-state index contributed by atoms with van der Waals surface area (Å²) < 4.78 is 27.5. The molecule has 1 aromatic rings. The lowest BCUT2D eigenvalue weighted by atomic mass is 9.97. The van der Waals surface area contributed by atoms with Crippen molar-refractivity contribution in [2.75, 3.05) is 18.4 Å². The highest BCUT2D eigenvalue weighted by atomic mass is 32.2. The number of amides is 2. The summed E-state index contributed by atoms with van der Waals surface area (Å²) in [6.07, 6.45) is 1.49. The van der Waals surface area contributed by atoms with Crippen LogP contribution in [-0.2, 0) is 19.6 Å². The van der Waals surface area contributed by atoms with E-state index < -0.39 is 15.6 Å². The van der Waals surface area contributed by atoms with Gasteiger partial charge in [0.25, 0.3) is 0 Å². The fourth-order valence-electron chi connectivity index (χ4n) is 2.92. The second-order valence-corrected chi connectivity index (χ2v) is 9.36. The van der Waals surface area contributed by atoms with Gasteiger partial charge in [0.05, 0.1) is 10.8 Å². The summed E-state index contributed by atoms with van der Waals surface area (Å²) in [5.74, 6) is -0.529. The fourth-order valence-corrected chi connectivity index (χ4v) is 4.39. The van der Waals surface area contributed by atoms with Crippen molar-refractivity contribution in [3.63, 3.8) is 0 Å². The van der Waals surface area contributed by atoms with Crippen LogP contribution in [0.5, 0.6) is 0 Å². The molecule has 8 heteroatoms. The number of anilines is 1. The first-order chi connectivity index (χ1) is 12.0. The summed E-state index contributed by atoms with van der Waals surface area (Å²) in [6.45, 7) is 7.85. The number of likely N-dealkylation sites (tertiary alicyclic amines) is 1. The number of nitrogens with zero attached hydrogens (tertiary/aromatic N) is 1. The average molecular weight is 381 g/mol. The van der Waals surface area contributed by atoms with E-state index in [0.717, 1.165) is 6.42 Å². The summed E-state index contributed by atoms with van der Waals surface area (Å²) in [5.41, 5.74) is -0.178. The molecule has 1 fully saturated rings. The number of sulfonamides is 1. The smallest absolute Gasteiger partial charge is 0.241 e. The summed E-state index contributed by atoms with van der Waals surface area (Å²) in [7, 11) is -3.68. The van der Waals surface area contributed by atoms with E-state index in [1.807, 2.05) is 0 Å². The maximum absolute atomic E-state index is 12.5. The molecular formula is C18H27N3O4S. The Morgan fingerprint density at radius 1 is 1.23 bits per heavy atom. The molecule has 0 saturated carbocycles. The Morgan fingerprint density at radius 3 is 2.54 bits per heavy atom. The molecule has 0 radical (unpaired) electrons. The number of nitrogens with one attached hydrogen (secondary N) is 2. The van der Waals surface area contributed by atoms with Crippen molar-refractivity contribution in [1.82, 2.24) is 9.62 Å². The first kappa shape index (κ1) is 20.4. The minimum absolute atomic E-state index is 0.0381. The van der Waals surface area contributed by atoms with Crippen molar-refractivity contribution < 1.29 is 18.0 Å². The first-order valence-corrected chi connectivity index (χ1v) is 10.2. The Balaban J connectivity index is 2.11. The molecule has 1 aliphatic heterocycles. The lowest BCUT2D eigenvalue weighted by molar-refractivity contribution is -0.132. The van der Waals surface area contributed by atoms with E-state index in [4.69, 9.17) is 0 Å². The molecule has 0 unspecified atom stereocenters. The van der Waals surface area contributed by atoms with Crippen LogP contribution in [0.1, 0.15) is 40.5 Å². The van der Waals surface area contributed by atoms with Gasteiger partial charge in [-0.3, -0.25) is 9.59 Å². The van der Waals surface area contributed by atoms with Gasteiger partial charge in [-0.2, -0.15) is 0 Å². The van der Waals surface area contributed by atoms with Crippen molar-refractivity contribution in [3.05, 3.63) is 24.3 Å². The predicted molar refractivity (Wildman–Crippen MR) is 100 cm³/mol. The summed E-state index contributed by atoms with van der Waals surface area (Å²) in [5, 5.41) is 2.78. The monoisotopic (exact) mass is 381 g/mol. The molecule has 2 N–H and O–H groups in total. The molecule has 144 valence electrons. The molecule has 1 aromatic carbocycles. The van der Waals surface area contributed by atoms with E-state index in [2.05, 4.69) is 10.0 Å². The van der Waals surface area contributed by atoms with Crippen molar-refractivity contribution >= 4 is 27.5 Å². The van der Waals surface area contributed by atoms with Gasteiger partial charge in [-0.1, -0.05) is 6.07 Å². The van der Waals surface area contributed by atoms with Gasteiger partial charge in [-0.05, 0) is 51.8 Å². The normalized spacial score (nSPS) is 18.5. The zero-order valence-corrected chi connectivity index (χ0v) is 16.5. The van der Waals surface area contributed by atoms with E-state index in [1.165, 1.54) is 19.1 Å². The Morgan fingerprint density at radius 2 is 1.92 bits per heavy atom. The van der Waals surface area contributed by atoms with Gasteiger partial charge in [0, 0.05) is 31.2 Å². The zero-order chi connectivity index (χ0) is 19.5. The van der Waals surface area contributed by atoms with Gasteiger partial charge in [0.1, 0.15) is 0 Å². The maximum atomic E-state index is 12.5. The molecule has 0 bridgehead atoms. The zero-order valence-electron chi connectivity index (χ0n) is 15.7. The molecule has 0 aliphatic carbocycles. The fraction of sp³-hybridized carbons (Fsp3) is 0.556. The van der Waals surface area contributed by atoms with E-state index >= 15 is 0 Å². The minimum atomic E-state index is -3.68. The summed E-state index contributed by atoms with van der Waals surface area (Å²) in [6, 6.07) is 6.18. The minimum Gasteiger partial charge on any atom is -0.342 e. The van der Waals surface area contributed by atoms with E-state index in [9.17, 15) is 18.0 Å². The highest BCUT2D eigenvalue weighted by Crippen LogP contribution is 2.21. The number of carbonyl (C=O) groups excluding carboxylic acids is 2. The molecule has 1 heterocycles. The maximum Gasteiger partial charge on any atom is 0.241 e. The SMILES string of the molecule is CC(=O)N1CCC[C@@H](C(=O)Nc2cccc(S(=O)(=O)NC(C)(C)C)c2)C1. The Hall–Kier alpha value is -1.93. The van der Waals surface area contributed by atoms with Crippen LogP contribution in [0.15, 0.2) is 29.2 Å². The summed E-state index contributed by atoms with van der Waals surface area (Å²) in [4.78, 5) is 25.8. The van der Waals surface area contributed by atoms with E-state index in [1.54, 1.807) is 37.8 Å². The molecule has 2 rings (SSSR count). The Kier molecular flexibility index (Phi) is 6.08. The lowest BCUT2D eigenvalue weighted by Crippen LogP contribution is -2.42. The van der Waals surface area contributed by atoms with Crippen molar-refractivity contribution in [3.8, 4) is 0 Å². The topological polar surface area (TPSA) is 95.6 Å². The van der Waals surface area contributed by atoms with Crippen LogP contribution in [0.25, 0.3) is 0 Å². The number of benzene rings is 1. The van der Waals surface area contributed by atoms with Gasteiger partial charge < -0.3 is 10.2 Å². The molecule has 1 atom stereocenters. The second kappa shape index (κ2) is 7.75. The highest BCUT2D eigenvalue weighted by molar-refractivity contribution is 7.89. The average Bonchev–Trinajstić information content (AvgIpc) is 2.53. The standard InChI is InChI=1S/C18H27N3O4S/c1-13(22)21-10-6-7-14(12-21)17(23)19-15-8-5-9-16(11-15)26(24,25)20-18(2,3)4/h5,8-9,11,14,20H,6-7,10,12H2,1-4H3,(H,19,23)/t14-/m1/s1. The van der Waals surface area contributed by atoms with Gasteiger partial charge in [0.15, 0.2) is 0 Å². The Bertz CT molecular complexity index is 784. The number of carbonyl (C=O) groups is 2. The third-order valence-electron chi connectivity index (χ3n) is 4.09. The van der Waals surface area contributed by atoms with Crippen molar-refractivity contribution in [1.29, 1.82) is 0 Å². The van der Waals surface area contributed by atoms with Gasteiger partial charge >= 0.3 is 0 Å². The number of rotatable bonds is 4. The van der Waals surface area contributed by atoms with Gasteiger partial charge in [-0.25, -0.2) is 13.1 Å². The molecule has 0 spiro atoms. The van der Waals surface area contributed by atoms with Crippen LogP contribution in [0.2, 0.25) is 0 Å². The summed E-state index contributed by atoms with van der Waals surface area (Å²) >= 11 is 0. The highest BCUT2D eigenvalue weighted by Gasteiger charge is 2.27. The molecule has 1 aliphatic rings. The Labute approximate surface area is 155 Å². The van der Waals surface area contributed by atoms with Crippen LogP contribution in [-0.4, -0.2) is 43.8 Å². The lowest BCUT2D eigenvalue weighted by Gasteiger charge is -2.31. The first-order valence-electron chi connectivity index (χ1n) is 8.68. The number of piperidine rings is 1. The number of hydrogen-bond acceptors (Lipinski definition) is 4. The largest absolute Gasteiger partial charge is 0.342 e. The molecular weight excluding hydrogens is 354 g/mol. The third-order valence-corrected chi connectivity index (χ3v) is 5.85. The van der Waals surface area contributed by atoms with Crippen molar-refractivity contribution in [2.45, 2.75) is 51.0 Å². The molecule has 26 heavy (non-hydrogen) atoms. The van der Waals surface area contributed by atoms with E-state index in [0.29, 0.717) is 25.2 Å². The molecule has 7 nitrogen and oxygen atoms in total. The predicted octanol–water partition coefficient (Wildman–Crippen LogP) is 1.96. The van der Waals surface area contributed by atoms with Gasteiger partial charge in [-0.15, -0.1) is 0 Å². The third kappa shape index (κ3) is 5.54. The van der Waals surface area contributed by atoms with Crippen LogP contribution in [0.4, 0.5) is 5.69 Å². The molecule has 1 saturated heterocycles. The molecule has 0 aromatic heterocycles. The van der Waals surface area contributed by atoms with Crippen LogP contribution in [0.3, 0.4) is 0 Å².